The van der Waals surface area contributed by atoms with Crippen LogP contribution in [0.1, 0.15) is 68.6 Å². The Labute approximate surface area is 191 Å². The molecule has 168 valence electrons. The van der Waals surface area contributed by atoms with E-state index in [4.69, 9.17) is 9.82 Å². The van der Waals surface area contributed by atoms with Gasteiger partial charge >= 0.3 is 0 Å². The van der Waals surface area contributed by atoms with Gasteiger partial charge in [-0.05, 0) is 44.2 Å². The van der Waals surface area contributed by atoms with Gasteiger partial charge in [-0.3, -0.25) is 9.40 Å². The molecule has 0 unspecified atom stereocenters. The van der Waals surface area contributed by atoms with Crippen LogP contribution in [0.3, 0.4) is 0 Å². The van der Waals surface area contributed by atoms with Crippen LogP contribution in [-0.2, 0) is 11.4 Å². The molecule has 0 saturated heterocycles. The Morgan fingerprint density at radius 2 is 2.06 bits per heavy atom. The summed E-state index contributed by atoms with van der Waals surface area (Å²) in [4.78, 5) is 18.8. The van der Waals surface area contributed by atoms with Crippen LogP contribution in [0.2, 0.25) is 0 Å². The minimum atomic E-state index is 0.181. The van der Waals surface area contributed by atoms with Crippen LogP contribution < -0.4 is 15.7 Å². The third-order valence-electron chi connectivity index (χ3n) is 6.51. The number of fused-ring (bicyclic) bond motifs is 3. The highest BCUT2D eigenvalue weighted by Gasteiger charge is 2.38. The van der Waals surface area contributed by atoms with E-state index in [2.05, 4.69) is 49.9 Å². The predicted octanol–water partition coefficient (Wildman–Crippen LogP) is 4.26. The molecular weight excluding hydrogens is 424 g/mol. The quantitative estimate of drug-likeness (QED) is 0.490. The van der Waals surface area contributed by atoms with Gasteiger partial charge in [0.15, 0.2) is 11.6 Å². The number of hydrogen-bond donors (Lipinski definition) is 2. The summed E-state index contributed by atoms with van der Waals surface area (Å²) in [6, 6.07) is 5.35. The van der Waals surface area contributed by atoms with Gasteiger partial charge in [0.1, 0.15) is 18.6 Å². The molecule has 32 heavy (non-hydrogen) atoms. The first-order chi connectivity index (χ1) is 15.8. The van der Waals surface area contributed by atoms with Crippen molar-refractivity contribution in [3.05, 3.63) is 35.4 Å². The maximum absolute atomic E-state index is 5.58. The highest BCUT2D eigenvalue weighted by atomic mass is 32.1. The number of nitrogens with zero attached hydrogens (tertiary/aromatic N) is 6. The highest BCUT2D eigenvalue weighted by Crippen LogP contribution is 2.42. The van der Waals surface area contributed by atoms with Crippen LogP contribution in [0.15, 0.2) is 24.7 Å². The van der Waals surface area contributed by atoms with E-state index in [1.54, 1.807) is 17.7 Å². The Bertz CT molecular complexity index is 1090. The third kappa shape index (κ3) is 3.76. The predicted molar refractivity (Wildman–Crippen MR) is 123 cm³/mol. The van der Waals surface area contributed by atoms with Crippen LogP contribution in [0.4, 0.5) is 16.8 Å². The fraction of sp³-hybridized carbons (Fsp3) is 0.545. The number of hydrogen-bond acceptors (Lipinski definition) is 9. The van der Waals surface area contributed by atoms with Gasteiger partial charge < -0.3 is 10.2 Å². The maximum Gasteiger partial charge on any atom is 0.229 e. The molecule has 2 N–H and O–H groups in total. The summed E-state index contributed by atoms with van der Waals surface area (Å²) in [5.74, 6) is 2.57. The Balaban J connectivity index is 1.27. The standard InChI is InChI=1S/C22H28N8OS/c1-2-17-21-27-24-13-29(21)18-11-23-22(26-20(18)30(17)15-5-3-4-6-15)25-19-10-9-16(32-19)12-31-28-14-7-8-14/h9-11,13-15,17,28H,2-8,12H2,1H3,(H,23,25,26)/t17-/m1/s1. The smallest absolute Gasteiger partial charge is 0.229 e. The van der Waals surface area contributed by atoms with Crippen LogP contribution in [0.25, 0.3) is 5.69 Å². The lowest BCUT2D eigenvalue weighted by Crippen LogP contribution is -2.42. The van der Waals surface area contributed by atoms with Crippen LogP contribution in [0.5, 0.6) is 0 Å². The van der Waals surface area contributed by atoms with E-state index in [0.717, 1.165) is 33.6 Å². The SMILES string of the molecule is CC[C@@H]1c2nncn2-c2cnc(Nc3ccc(CONC4CC4)s3)nc2N1C1CCCC1. The molecular formula is C22H28N8OS. The number of thiophene rings is 1. The molecule has 0 spiro atoms. The Morgan fingerprint density at radius 1 is 1.19 bits per heavy atom. The van der Waals surface area contributed by atoms with Gasteiger partial charge in [-0.15, -0.1) is 21.5 Å². The molecule has 1 atom stereocenters. The third-order valence-corrected chi connectivity index (χ3v) is 7.48. The van der Waals surface area contributed by atoms with E-state index in [9.17, 15) is 0 Å². The highest BCUT2D eigenvalue weighted by molar-refractivity contribution is 7.16. The second-order valence-corrected chi connectivity index (χ2v) is 9.97. The van der Waals surface area contributed by atoms with E-state index in [1.165, 1.54) is 38.5 Å². The minimum Gasteiger partial charge on any atom is -0.341 e. The van der Waals surface area contributed by atoms with Crippen LogP contribution >= 0.6 is 11.3 Å². The Kier molecular flexibility index (Phi) is 5.28. The number of rotatable bonds is 8. The molecule has 0 aromatic carbocycles. The van der Waals surface area contributed by atoms with E-state index in [-0.39, 0.29) is 6.04 Å². The van der Waals surface area contributed by atoms with Gasteiger partial charge in [-0.2, -0.15) is 10.5 Å². The van der Waals surface area contributed by atoms with Crippen LogP contribution in [-0.4, -0.2) is 36.8 Å². The minimum absolute atomic E-state index is 0.181. The first-order valence-electron chi connectivity index (χ1n) is 11.6. The van der Waals surface area contributed by atoms with Crippen molar-refractivity contribution in [2.75, 3.05) is 10.2 Å². The summed E-state index contributed by atoms with van der Waals surface area (Å²) in [7, 11) is 0. The maximum atomic E-state index is 5.58. The summed E-state index contributed by atoms with van der Waals surface area (Å²) in [6.45, 7) is 2.78. The van der Waals surface area contributed by atoms with E-state index >= 15 is 0 Å². The molecule has 10 heteroatoms. The lowest BCUT2D eigenvalue weighted by Gasteiger charge is -2.40. The average molecular weight is 453 g/mol. The first-order valence-corrected chi connectivity index (χ1v) is 12.4. The Morgan fingerprint density at radius 3 is 2.88 bits per heavy atom. The molecule has 0 bridgehead atoms. The monoisotopic (exact) mass is 452 g/mol. The Hall–Kier alpha value is -2.56. The molecule has 4 heterocycles. The van der Waals surface area contributed by atoms with Crippen molar-refractivity contribution >= 4 is 28.1 Å². The fourth-order valence-electron chi connectivity index (χ4n) is 4.77. The number of anilines is 3. The second kappa shape index (κ2) is 8.42. The molecule has 0 radical (unpaired) electrons. The van der Waals surface area contributed by atoms with E-state index in [0.29, 0.717) is 24.6 Å². The van der Waals surface area contributed by atoms with Crippen molar-refractivity contribution in [1.82, 2.24) is 30.2 Å². The van der Waals surface area contributed by atoms with Gasteiger partial charge in [0, 0.05) is 17.0 Å². The molecule has 2 fully saturated rings. The van der Waals surface area contributed by atoms with Crippen molar-refractivity contribution in [2.24, 2.45) is 0 Å². The normalized spacial score (nSPS) is 20.4. The van der Waals surface area contributed by atoms with Gasteiger partial charge in [-0.25, -0.2) is 4.98 Å². The lowest BCUT2D eigenvalue weighted by atomic mass is 10.0. The first kappa shape index (κ1) is 20.1. The molecule has 2 aliphatic carbocycles. The summed E-state index contributed by atoms with van der Waals surface area (Å²) >= 11 is 1.66. The zero-order valence-electron chi connectivity index (χ0n) is 18.2. The molecule has 6 rings (SSSR count). The van der Waals surface area contributed by atoms with Crippen molar-refractivity contribution in [3.8, 4) is 5.69 Å². The lowest BCUT2D eigenvalue weighted by molar-refractivity contribution is 0.0248. The summed E-state index contributed by atoms with van der Waals surface area (Å²) in [5, 5.41) is 13.1. The number of nitrogens with one attached hydrogen (secondary N) is 2. The topological polar surface area (TPSA) is 93.0 Å². The van der Waals surface area contributed by atoms with Crippen molar-refractivity contribution < 1.29 is 4.84 Å². The molecule has 3 aromatic rings. The van der Waals surface area contributed by atoms with Crippen LogP contribution in [0, 0.1) is 0 Å². The zero-order valence-corrected chi connectivity index (χ0v) is 19.0. The largest absolute Gasteiger partial charge is 0.341 e. The van der Waals surface area contributed by atoms with E-state index < -0.39 is 0 Å². The average Bonchev–Trinajstić information content (AvgIpc) is 3.20. The summed E-state index contributed by atoms with van der Waals surface area (Å²) in [6.07, 6.45) is 12.0. The molecule has 2 saturated carbocycles. The molecule has 3 aromatic heterocycles. The molecule has 9 nitrogen and oxygen atoms in total. The van der Waals surface area contributed by atoms with Gasteiger partial charge in [-0.1, -0.05) is 19.8 Å². The number of hydroxylamine groups is 1. The van der Waals surface area contributed by atoms with Gasteiger partial charge in [0.05, 0.1) is 17.2 Å². The fourth-order valence-corrected chi connectivity index (χ4v) is 5.58. The van der Waals surface area contributed by atoms with Gasteiger partial charge in [0.2, 0.25) is 5.95 Å². The van der Waals surface area contributed by atoms with Gasteiger partial charge in [0.25, 0.3) is 0 Å². The molecule has 1 aliphatic heterocycles. The zero-order chi connectivity index (χ0) is 21.5. The number of aromatic nitrogens is 5. The summed E-state index contributed by atoms with van der Waals surface area (Å²) < 4.78 is 2.05. The van der Waals surface area contributed by atoms with E-state index in [1.807, 2.05) is 10.8 Å². The molecule has 0 amide bonds. The summed E-state index contributed by atoms with van der Waals surface area (Å²) in [5.41, 5.74) is 4.05. The van der Waals surface area contributed by atoms with Crippen molar-refractivity contribution in [2.45, 2.75) is 76.6 Å². The van der Waals surface area contributed by atoms with Crippen molar-refractivity contribution in [3.63, 3.8) is 0 Å². The second-order valence-electron chi connectivity index (χ2n) is 8.80. The molecule has 3 aliphatic rings. The van der Waals surface area contributed by atoms with Crippen molar-refractivity contribution in [1.29, 1.82) is 0 Å².